The highest BCUT2D eigenvalue weighted by Crippen LogP contribution is 2.28. The number of amidine groups is 1. The molecule has 3 N–H and O–H groups in total. The maximum atomic E-state index is 7.42. The van der Waals surface area contributed by atoms with Gasteiger partial charge in [0.05, 0.1) is 7.11 Å². The highest BCUT2D eigenvalue weighted by atomic mass is 16.5. The predicted octanol–water partition coefficient (Wildman–Crippen LogP) is 2.87. The van der Waals surface area contributed by atoms with Gasteiger partial charge in [0.1, 0.15) is 12.4 Å². The van der Waals surface area contributed by atoms with Crippen LogP contribution in [0.1, 0.15) is 16.7 Å². The number of nitrogens with one attached hydrogen (secondary N) is 1. The maximum absolute atomic E-state index is 7.42. The second-order valence-corrected chi connectivity index (χ2v) is 4.49. The third-order valence-corrected chi connectivity index (χ3v) is 3.12. The maximum Gasteiger partial charge on any atom is 0.161 e. The molecule has 0 fully saturated rings. The van der Waals surface area contributed by atoms with Crippen LogP contribution in [0.3, 0.4) is 0 Å². The lowest BCUT2D eigenvalue weighted by Crippen LogP contribution is -2.11. The third kappa shape index (κ3) is 3.09. The molecule has 0 heterocycles. The minimum absolute atomic E-state index is 0.00811. The smallest absolute Gasteiger partial charge is 0.161 e. The molecule has 4 heteroatoms. The van der Waals surface area contributed by atoms with E-state index >= 15 is 0 Å². The van der Waals surface area contributed by atoms with Crippen LogP contribution in [-0.4, -0.2) is 12.9 Å². The monoisotopic (exact) mass is 270 g/mol. The van der Waals surface area contributed by atoms with Crippen LogP contribution in [0.2, 0.25) is 0 Å². The summed E-state index contributed by atoms with van der Waals surface area (Å²) in [5.74, 6) is 1.22. The second-order valence-electron chi connectivity index (χ2n) is 4.49. The molecule has 0 unspecified atom stereocenters. The van der Waals surface area contributed by atoms with Crippen molar-refractivity contribution in [2.75, 3.05) is 7.11 Å². The van der Waals surface area contributed by atoms with Gasteiger partial charge in [0.2, 0.25) is 0 Å². The van der Waals surface area contributed by atoms with Gasteiger partial charge in [-0.25, -0.2) is 0 Å². The topological polar surface area (TPSA) is 68.3 Å². The van der Waals surface area contributed by atoms with Crippen LogP contribution in [0.15, 0.2) is 42.5 Å². The molecule has 0 saturated carbocycles. The largest absolute Gasteiger partial charge is 0.493 e. The molecule has 0 aliphatic rings. The van der Waals surface area contributed by atoms with Gasteiger partial charge in [-0.2, -0.15) is 0 Å². The van der Waals surface area contributed by atoms with Crippen molar-refractivity contribution in [1.82, 2.24) is 0 Å². The Morgan fingerprint density at radius 3 is 2.55 bits per heavy atom. The molecular formula is C16H18N2O2. The van der Waals surface area contributed by atoms with Crippen molar-refractivity contribution in [3.63, 3.8) is 0 Å². The van der Waals surface area contributed by atoms with E-state index in [0.29, 0.717) is 23.7 Å². The van der Waals surface area contributed by atoms with E-state index < -0.39 is 0 Å². The lowest BCUT2D eigenvalue weighted by molar-refractivity contribution is 0.284. The molecule has 2 aromatic carbocycles. The molecule has 0 aliphatic heterocycles. The van der Waals surface area contributed by atoms with Crippen molar-refractivity contribution >= 4 is 5.84 Å². The molecule has 0 radical (unpaired) electrons. The molecule has 2 rings (SSSR count). The fourth-order valence-electron chi connectivity index (χ4n) is 1.88. The van der Waals surface area contributed by atoms with Gasteiger partial charge < -0.3 is 15.2 Å². The standard InChI is InChI=1S/C16H18N2O2/c1-11-5-3-4-6-13(11)10-20-14-8-7-12(16(17)18)9-15(14)19-2/h3-9H,10H2,1-2H3,(H3,17,18). The highest BCUT2D eigenvalue weighted by Gasteiger charge is 2.08. The summed E-state index contributed by atoms with van der Waals surface area (Å²) in [7, 11) is 1.57. The van der Waals surface area contributed by atoms with Gasteiger partial charge in [0.15, 0.2) is 11.5 Å². The van der Waals surface area contributed by atoms with Crippen molar-refractivity contribution in [3.8, 4) is 11.5 Å². The van der Waals surface area contributed by atoms with Gasteiger partial charge in [-0.15, -0.1) is 0 Å². The van der Waals surface area contributed by atoms with Gasteiger partial charge in [0, 0.05) is 5.56 Å². The first kappa shape index (κ1) is 13.9. The molecule has 0 bridgehead atoms. The molecule has 0 spiro atoms. The first-order valence-electron chi connectivity index (χ1n) is 6.31. The van der Waals surface area contributed by atoms with E-state index in [-0.39, 0.29) is 5.84 Å². The Morgan fingerprint density at radius 1 is 1.15 bits per heavy atom. The molecule has 0 atom stereocenters. The first-order chi connectivity index (χ1) is 9.61. The lowest BCUT2D eigenvalue weighted by Gasteiger charge is -2.13. The van der Waals surface area contributed by atoms with Crippen LogP contribution in [0.5, 0.6) is 11.5 Å². The first-order valence-corrected chi connectivity index (χ1v) is 6.31. The second kappa shape index (κ2) is 6.10. The zero-order valence-corrected chi connectivity index (χ0v) is 11.6. The number of aryl methyl sites for hydroxylation is 1. The van der Waals surface area contributed by atoms with Crippen LogP contribution in [-0.2, 0) is 6.61 Å². The molecule has 2 aromatic rings. The minimum Gasteiger partial charge on any atom is -0.493 e. The van der Waals surface area contributed by atoms with Crippen molar-refractivity contribution < 1.29 is 9.47 Å². The number of methoxy groups -OCH3 is 1. The highest BCUT2D eigenvalue weighted by molar-refractivity contribution is 5.95. The summed E-state index contributed by atoms with van der Waals surface area (Å²) >= 11 is 0. The van der Waals surface area contributed by atoms with Crippen molar-refractivity contribution in [1.29, 1.82) is 5.41 Å². The molecule has 0 amide bonds. The Labute approximate surface area is 118 Å². The zero-order chi connectivity index (χ0) is 14.5. The SMILES string of the molecule is COc1cc(C(=N)N)ccc1OCc1ccccc1C. The minimum atomic E-state index is 0.00811. The molecule has 0 aliphatic carbocycles. The average Bonchev–Trinajstić information content (AvgIpc) is 2.46. The van der Waals surface area contributed by atoms with E-state index in [1.54, 1.807) is 25.3 Å². The van der Waals surface area contributed by atoms with Crippen LogP contribution < -0.4 is 15.2 Å². The van der Waals surface area contributed by atoms with Crippen molar-refractivity contribution in [2.45, 2.75) is 13.5 Å². The number of ether oxygens (including phenoxy) is 2. The Balaban J connectivity index is 2.17. The van der Waals surface area contributed by atoms with E-state index in [1.165, 1.54) is 5.56 Å². The summed E-state index contributed by atoms with van der Waals surface area (Å²) in [4.78, 5) is 0. The van der Waals surface area contributed by atoms with Gasteiger partial charge >= 0.3 is 0 Å². The number of hydrogen-bond acceptors (Lipinski definition) is 3. The van der Waals surface area contributed by atoms with Gasteiger partial charge in [-0.05, 0) is 36.2 Å². The molecule has 0 saturated heterocycles. The van der Waals surface area contributed by atoms with Crippen LogP contribution in [0.4, 0.5) is 0 Å². The van der Waals surface area contributed by atoms with Gasteiger partial charge in [-0.3, -0.25) is 5.41 Å². The average molecular weight is 270 g/mol. The summed E-state index contributed by atoms with van der Waals surface area (Å²) in [6, 6.07) is 13.3. The van der Waals surface area contributed by atoms with Gasteiger partial charge in [0.25, 0.3) is 0 Å². The summed E-state index contributed by atoms with van der Waals surface area (Å²) in [5, 5.41) is 7.42. The third-order valence-electron chi connectivity index (χ3n) is 3.12. The Bertz CT molecular complexity index is 624. The fraction of sp³-hybridized carbons (Fsp3) is 0.188. The molecular weight excluding hydrogens is 252 g/mol. The van der Waals surface area contributed by atoms with E-state index in [2.05, 4.69) is 13.0 Å². The van der Waals surface area contributed by atoms with E-state index in [4.69, 9.17) is 20.6 Å². The van der Waals surface area contributed by atoms with Gasteiger partial charge in [-0.1, -0.05) is 24.3 Å². The summed E-state index contributed by atoms with van der Waals surface area (Å²) in [6.45, 7) is 2.53. The Hall–Kier alpha value is -2.49. The molecule has 20 heavy (non-hydrogen) atoms. The van der Waals surface area contributed by atoms with Crippen LogP contribution in [0, 0.1) is 12.3 Å². The van der Waals surface area contributed by atoms with E-state index in [0.717, 1.165) is 5.56 Å². The summed E-state index contributed by atoms with van der Waals surface area (Å²) < 4.78 is 11.1. The fourth-order valence-corrected chi connectivity index (χ4v) is 1.88. The predicted molar refractivity (Wildman–Crippen MR) is 79.5 cm³/mol. The summed E-state index contributed by atoms with van der Waals surface area (Å²) in [5.41, 5.74) is 8.39. The quantitative estimate of drug-likeness (QED) is 0.648. The number of hydrogen-bond donors (Lipinski definition) is 2. The number of benzene rings is 2. The lowest BCUT2D eigenvalue weighted by atomic mass is 10.1. The molecule has 104 valence electrons. The number of rotatable bonds is 5. The Morgan fingerprint density at radius 2 is 1.90 bits per heavy atom. The number of nitrogens with two attached hydrogens (primary N) is 1. The van der Waals surface area contributed by atoms with Crippen molar-refractivity contribution in [2.24, 2.45) is 5.73 Å². The zero-order valence-electron chi connectivity index (χ0n) is 11.6. The van der Waals surface area contributed by atoms with E-state index in [1.807, 2.05) is 18.2 Å². The normalized spacial score (nSPS) is 10.1. The van der Waals surface area contributed by atoms with Crippen LogP contribution in [0.25, 0.3) is 0 Å². The number of nitrogen functional groups attached to an aromatic ring is 1. The molecule has 0 aromatic heterocycles. The Kier molecular flexibility index (Phi) is 4.25. The molecule has 4 nitrogen and oxygen atoms in total. The van der Waals surface area contributed by atoms with Crippen LogP contribution >= 0.6 is 0 Å². The van der Waals surface area contributed by atoms with E-state index in [9.17, 15) is 0 Å². The summed E-state index contributed by atoms with van der Waals surface area (Å²) in [6.07, 6.45) is 0. The van der Waals surface area contributed by atoms with Crippen molar-refractivity contribution in [3.05, 3.63) is 59.2 Å².